The highest BCUT2D eigenvalue weighted by molar-refractivity contribution is 5.95. The molecule has 3 atom stereocenters. The predicted molar refractivity (Wildman–Crippen MR) is 133 cm³/mol. The minimum atomic E-state index is -4.65. The number of carbonyl (C=O) groups is 2. The number of benzene rings is 2. The number of aromatic nitrogens is 2. The number of alkyl halides is 3. The van der Waals surface area contributed by atoms with Gasteiger partial charge in [-0.15, -0.1) is 0 Å². The molecule has 9 nitrogen and oxygen atoms in total. The fraction of sp³-hybridized carbons (Fsp3) is 0.333. The molecule has 2 fully saturated rings. The number of carboxylic acid groups (broad SMARTS) is 1. The second kappa shape index (κ2) is 9.93. The topological polar surface area (TPSA) is 114 Å². The van der Waals surface area contributed by atoms with Gasteiger partial charge in [-0.2, -0.15) is 13.2 Å². The lowest BCUT2D eigenvalue weighted by molar-refractivity contribution is -0.145. The minimum Gasteiger partial charge on any atom is -0.478 e. The summed E-state index contributed by atoms with van der Waals surface area (Å²) in [5.41, 5.74) is 1.06. The van der Waals surface area contributed by atoms with Gasteiger partial charge >= 0.3 is 12.1 Å². The van der Waals surface area contributed by atoms with Crippen LogP contribution < -0.4 is 5.32 Å². The number of carbonyl (C=O) groups excluding carboxylic acids is 1. The summed E-state index contributed by atoms with van der Waals surface area (Å²) in [6.45, 7) is 3.84. The number of ether oxygens (including phenoxy) is 2. The molecule has 0 unspecified atom stereocenters. The fourth-order valence-corrected chi connectivity index (χ4v) is 4.83. The Hall–Kier alpha value is -4.03. The summed E-state index contributed by atoms with van der Waals surface area (Å²) in [5, 5.41) is 12.1. The fourth-order valence-electron chi connectivity index (χ4n) is 4.83. The smallest absolute Gasteiger partial charge is 0.434 e. The van der Waals surface area contributed by atoms with Crippen LogP contribution in [0.2, 0.25) is 0 Å². The Bertz CT molecular complexity index is 1380. The summed E-state index contributed by atoms with van der Waals surface area (Å²) >= 11 is 0. The quantitative estimate of drug-likeness (QED) is 0.490. The SMILES string of the molecule is CC1(C)O[C@@H]2[C@@H](Nc3cncc(C(F)(F)F)n3)CN(C(=O)c3ccc(-c4ccc(C(=O)O)cc4)cc3)C[C@@H]2O1. The average molecular weight is 543 g/mol. The van der Waals surface area contributed by atoms with Gasteiger partial charge in [-0.1, -0.05) is 24.3 Å². The van der Waals surface area contributed by atoms with E-state index in [0.717, 1.165) is 11.1 Å². The first-order valence-corrected chi connectivity index (χ1v) is 12.1. The van der Waals surface area contributed by atoms with Gasteiger partial charge in [0.25, 0.3) is 5.91 Å². The third-order valence-electron chi connectivity index (χ3n) is 6.58. The maximum Gasteiger partial charge on any atom is 0.434 e. The zero-order valence-electron chi connectivity index (χ0n) is 21.0. The van der Waals surface area contributed by atoms with Crippen molar-refractivity contribution >= 4 is 17.7 Å². The second-order valence-electron chi connectivity index (χ2n) is 9.85. The van der Waals surface area contributed by atoms with Crippen molar-refractivity contribution < 1.29 is 37.3 Å². The van der Waals surface area contributed by atoms with Crippen molar-refractivity contribution in [3.63, 3.8) is 0 Å². The Morgan fingerprint density at radius 2 is 1.59 bits per heavy atom. The summed E-state index contributed by atoms with van der Waals surface area (Å²) in [7, 11) is 0. The lowest BCUT2D eigenvalue weighted by Gasteiger charge is -2.39. The largest absolute Gasteiger partial charge is 0.478 e. The lowest BCUT2D eigenvalue weighted by atomic mass is 9.97. The first-order valence-electron chi connectivity index (χ1n) is 12.1. The first kappa shape index (κ1) is 26.6. The Morgan fingerprint density at radius 1 is 0.974 bits per heavy atom. The van der Waals surface area contributed by atoms with Crippen LogP contribution in [-0.4, -0.2) is 69.0 Å². The van der Waals surface area contributed by atoms with Gasteiger partial charge in [0.2, 0.25) is 0 Å². The highest BCUT2D eigenvalue weighted by Gasteiger charge is 2.50. The number of carboxylic acids is 1. The summed E-state index contributed by atoms with van der Waals surface area (Å²) < 4.78 is 51.5. The molecule has 0 aliphatic carbocycles. The van der Waals surface area contributed by atoms with E-state index in [9.17, 15) is 22.8 Å². The van der Waals surface area contributed by atoms with Crippen molar-refractivity contribution in [2.24, 2.45) is 0 Å². The Morgan fingerprint density at radius 3 is 2.18 bits per heavy atom. The molecule has 1 aromatic heterocycles. The van der Waals surface area contributed by atoms with Crippen molar-refractivity contribution in [3.8, 4) is 11.1 Å². The van der Waals surface area contributed by atoms with Gasteiger partial charge in [0.15, 0.2) is 11.5 Å². The maximum atomic E-state index is 13.5. The van der Waals surface area contributed by atoms with Crippen LogP contribution in [0.1, 0.15) is 40.3 Å². The van der Waals surface area contributed by atoms with Crippen molar-refractivity contribution in [1.82, 2.24) is 14.9 Å². The summed E-state index contributed by atoms with van der Waals surface area (Å²) in [6.07, 6.45) is -3.86. The Kier molecular flexibility index (Phi) is 6.77. The van der Waals surface area contributed by atoms with E-state index < -0.39 is 41.9 Å². The Labute approximate surface area is 221 Å². The third kappa shape index (κ3) is 5.71. The van der Waals surface area contributed by atoms with Crippen LogP contribution in [-0.2, 0) is 15.7 Å². The van der Waals surface area contributed by atoms with Crippen molar-refractivity contribution in [3.05, 3.63) is 77.7 Å². The molecule has 2 aromatic carbocycles. The Balaban J connectivity index is 1.35. The van der Waals surface area contributed by atoms with Crippen LogP contribution in [0, 0.1) is 0 Å². The standard InChI is InChI=1S/C27H25F3N4O5/c1-26(2)38-20-14-34(13-19(23(20)39-26)32-22-12-31-11-21(33-22)27(28,29)30)24(35)17-7-3-15(4-8-17)16-5-9-18(10-6-16)25(36)37/h3-12,19-20,23H,13-14H2,1-2H3,(H,32,33)(H,36,37)/t19-,20-,23+/m0/s1. The van der Waals surface area contributed by atoms with Gasteiger partial charge in [-0.3, -0.25) is 9.78 Å². The normalized spacial score (nSPS) is 22.3. The number of hydrogen-bond donors (Lipinski definition) is 2. The second-order valence-corrected chi connectivity index (χ2v) is 9.85. The van der Waals surface area contributed by atoms with Gasteiger partial charge in [-0.05, 0) is 49.2 Å². The van der Waals surface area contributed by atoms with Crippen LogP contribution in [0.25, 0.3) is 11.1 Å². The van der Waals surface area contributed by atoms with E-state index in [2.05, 4.69) is 15.3 Å². The molecule has 3 aromatic rings. The van der Waals surface area contributed by atoms with E-state index in [-0.39, 0.29) is 30.4 Å². The van der Waals surface area contributed by atoms with Crippen LogP contribution in [0.15, 0.2) is 60.9 Å². The predicted octanol–water partition coefficient (Wildman–Crippen LogP) is 4.32. The summed E-state index contributed by atoms with van der Waals surface area (Å²) in [4.78, 5) is 33.4. The minimum absolute atomic E-state index is 0.0885. The number of aromatic carboxylic acids is 1. The molecule has 0 spiro atoms. The molecule has 2 saturated heterocycles. The first-order chi connectivity index (χ1) is 18.4. The zero-order valence-corrected chi connectivity index (χ0v) is 21.0. The number of fused-ring (bicyclic) bond motifs is 1. The number of rotatable bonds is 5. The van der Waals surface area contributed by atoms with Gasteiger partial charge < -0.3 is 24.8 Å². The molecule has 5 rings (SSSR count). The monoisotopic (exact) mass is 542 g/mol. The van der Waals surface area contributed by atoms with Crippen LogP contribution in [0.4, 0.5) is 19.0 Å². The summed E-state index contributed by atoms with van der Waals surface area (Å²) in [6, 6.07) is 12.7. The number of nitrogens with zero attached hydrogens (tertiary/aromatic N) is 3. The van der Waals surface area contributed by atoms with Gasteiger partial charge in [0, 0.05) is 12.1 Å². The number of amides is 1. The number of piperidine rings is 1. The van der Waals surface area contributed by atoms with Gasteiger partial charge in [-0.25, -0.2) is 9.78 Å². The van der Waals surface area contributed by atoms with Crippen molar-refractivity contribution in [2.45, 2.75) is 44.1 Å². The van der Waals surface area contributed by atoms with E-state index in [1.165, 1.54) is 18.3 Å². The number of nitrogens with one attached hydrogen (secondary N) is 1. The molecular weight excluding hydrogens is 517 g/mol. The van der Waals surface area contributed by atoms with E-state index in [1.54, 1.807) is 55.1 Å². The summed E-state index contributed by atoms with van der Waals surface area (Å²) in [5.74, 6) is -2.32. The van der Waals surface area contributed by atoms with E-state index >= 15 is 0 Å². The van der Waals surface area contributed by atoms with E-state index in [1.807, 2.05) is 0 Å². The highest BCUT2D eigenvalue weighted by atomic mass is 19.4. The van der Waals surface area contributed by atoms with Crippen LogP contribution in [0.3, 0.4) is 0 Å². The highest BCUT2D eigenvalue weighted by Crippen LogP contribution is 2.35. The molecule has 3 heterocycles. The van der Waals surface area contributed by atoms with Crippen LogP contribution >= 0.6 is 0 Å². The molecule has 2 N–H and O–H groups in total. The zero-order chi connectivity index (χ0) is 27.9. The van der Waals surface area contributed by atoms with E-state index in [0.29, 0.717) is 11.8 Å². The molecule has 2 aliphatic heterocycles. The average Bonchev–Trinajstić information content (AvgIpc) is 3.22. The molecule has 12 heteroatoms. The maximum absolute atomic E-state index is 13.5. The van der Waals surface area contributed by atoms with Gasteiger partial charge in [0.1, 0.15) is 18.0 Å². The molecule has 0 saturated carbocycles. The molecular formula is C27H25F3N4O5. The number of likely N-dealkylation sites (tertiary alicyclic amines) is 1. The molecule has 39 heavy (non-hydrogen) atoms. The number of hydrogen-bond acceptors (Lipinski definition) is 7. The molecule has 204 valence electrons. The molecule has 2 aliphatic rings. The number of anilines is 1. The van der Waals surface area contributed by atoms with Gasteiger partial charge in [0.05, 0.1) is 30.5 Å². The molecule has 0 radical (unpaired) electrons. The lowest BCUT2D eigenvalue weighted by Crippen LogP contribution is -2.58. The van der Waals surface area contributed by atoms with Crippen molar-refractivity contribution in [1.29, 1.82) is 0 Å². The third-order valence-corrected chi connectivity index (χ3v) is 6.58. The molecule has 1 amide bonds. The van der Waals surface area contributed by atoms with Crippen molar-refractivity contribution in [2.75, 3.05) is 18.4 Å². The number of halogens is 3. The molecule has 0 bridgehead atoms. The van der Waals surface area contributed by atoms with Crippen LogP contribution in [0.5, 0.6) is 0 Å². The van der Waals surface area contributed by atoms with E-state index in [4.69, 9.17) is 14.6 Å².